The lowest BCUT2D eigenvalue weighted by molar-refractivity contribution is 0.0933. The first-order chi connectivity index (χ1) is 9.11. The van der Waals surface area contributed by atoms with Crippen LogP contribution in [0.3, 0.4) is 0 Å². The lowest BCUT2D eigenvalue weighted by atomic mass is 10.1. The fraction of sp³-hybridized carbons (Fsp3) is 0.467. The van der Waals surface area contributed by atoms with E-state index in [0.717, 1.165) is 24.9 Å². The number of amides is 1. The Morgan fingerprint density at radius 1 is 1.42 bits per heavy atom. The summed E-state index contributed by atoms with van der Waals surface area (Å²) in [5.41, 5.74) is 1.64. The van der Waals surface area contributed by atoms with Gasteiger partial charge in [0.1, 0.15) is 0 Å². The van der Waals surface area contributed by atoms with Gasteiger partial charge in [-0.1, -0.05) is 6.07 Å². The van der Waals surface area contributed by atoms with Crippen molar-refractivity contribution in [2.24, 2.45) is 5.92 Å². The van der Waals surface area contributed by atoms with Gasteiger partial charge in [-0.15, -0.1) is 0 Å². The number of nitrogens with one attached hydrogen (secondary N) is 1. The number of carbonyl (C=O) groups excluding carboxylic acids is 1. The summed E-state index contributed by atoms with van der Waals surface area (Å²) >= 11 is 0. The Balaban J connectivity index is 2.08. The molecule has 4 nitrogen and oxygen atoms in total. The molecule has 1 aliphatic carbocycles. The van der Waals surface area contributed by atoms with E-state index in [1.807, 2.05) is 37.2 Å². The van der Waals surface area contributed by atoms with Crippen LogP contribution in [0.25, 0.3) is 0 Å². The molecule has 1 amide bonds. The van der Waals surface area contributed by atoms with E-state index in [4.69, 9.17) is 5.26 Å². The van der Waals surface area contributed by atoms with Gasteiger partial charge >= 0.3 is 0 Å². The summed E-state index contributed by atoms with van der Waals surface area (Å²) in [6.45, 7) is 0. The van der Waals surface area contributed by atoms with Crippen LogP contribution in [0, 0.1) is 17.2 Å². The SMILES string of the molecule is CN(C)c1cccc(C(=O)NC2CCCC2C#N)c1. The molecule has 0 saturated heterocycles. The van der Waals surface area contributed by atoms with Crippen LogP contribution in [0.1, 0.15) is 29.6 Å². The molecule has 2 atom stereocenters. The normalized spacial score (nSPS) is 21.7. The molecule has 1 fully saturated rings. The minimum atomic E-state index is -0.0872. The number of nitriles is 1. The van der Waals surface area contributed by atoms with Crippen LogP contribution in [-0.2, 0) is 0 Å². The fourth-order valence-corrected chi connectivity index (χ4v) is 2.46. The number of hydrogen-bond donors (Lipinski definition) is 1. The minimum Gasteiger partial charge on any atom is -0.378 e. The molecule has 2 rings (SSSR count). The Morgan fingerprint density at radius 3 is 2.89 bits per heavy atom. The third-order valence-electron chi connectivity index (χ3n) is 3.62. The Kier molecular flexibility index (Phi) is 4.06. The molecule has 1 saturated carbocycles. The van der Waals surface area contributed by atoms with Crippen molar-refractivity contribution in [1.82, 2.24) is 5.32 Å². The van der Waals surface area contributed by atoms with Gasteiger partial charge in [0.15, 0.2) is 0 Å². The molecule has 1 N–H and O–H groups in total. The topological polar surface area (TPSA) is 56.1 Å². The fourth-order valence-electron chi connectivity index (χ4n) is 2.46. The van der Waals surface area contributed by atoms with Gasteiger partial charge in [-0.05, 0) is 37.5 Å². The summed E-state index contributed by atoms with van der Waals surface area (Å²) in [5, 5.41) is 12.0. The van der Waals surface area contributed by atoms with E-state index in [-0.39, 0.29) is 17.9 Å². The summed E-state index contributed by atoms with van der Waals surface area (Å²) in [7, 11) is 3.89. The van der Waals surface area contributed by atoms with E-state index < -0.39 is 0 Å². The molecule has 1 aromatic carbocycles. The van der Waals surface area contributed by atoms with Crippen molar-refractivity contribution in [2.45, 2.75) is 25.3 Å². The first-order valence-corrected chi connectivity index (χ1v) is 6.59. The Bertz CT molecular complexity index is 504. The molecule has 0 bridgehead atoms. The van der Waals surface area contributed by atoms with E-state index in [1.165, 1.54) is 0 Å². The van der Waals surface area contributed by atoms with Gasteiger partial charge in [-0.25, -0.2) is 0 Å². The molecule has 0 radical (unpaired) electrons. The zero-order chi connectivity index (χ0) is 13.8. The van der Waals surface area contributed by atoms with Crippen molar-refractivity contribution < 1.29 is 4.79 Å². The van der Waals surface area contributed by atoms with Crippen LogP contribution in [0.15, 0.2) is 24.3 Å². The van der Waals surface area contributed by atoms with Gasteiger partial charge in [0.25, 0.3) is 5.91 Å². The van der Waals surface area contributed by atoms with Crippen LogP contribution in [0.2, 0.25) is 0 Å². The molecule has 4 heteroatoms. The van der Waals surface area contributed by atoms with E-state index in [0.29, 0.717) is 5.56 Å². The molecule has 100 valence electrons. The van der Waals surface area contributed by atoms with Crippen molar-refractivity contribution in [2.75, 3.05) is 19.0 Å². The highest BCUT2D eigenvalue weighted by Gasteiger charge is 2.28. The van der Waals surface area contributed by atoms with Crippen molar-refractivity contribution >= 4 is 11.6 Å². The molecule has 19 heavy (non-hydrogen) atoms. The van der Waals surface area contributed by atoms with Gasteiger partial charge in [-0.3, -0.25) is 4.79 Å². The van der Waals surface area contributed by atoms with E-state index in [2.05, 4.69) is 11.4 Å². The third kappa shape index (κ3) is 3.05. The number of rotatable bonds is 3. The van der Waals surface area contributed by atoms with Crippen LogP contribution < -0.4 is 10.2 Å². The van der Waals surface area contributed by atoms with Crippen LogP contribution in [0.5, 0.6) is 0 Å². The zero-order valence-corrected chi connectivity index (χ0v) is 11.4. The Morgan fingerprint density at radius 2 is 2.21 bits per heavy atom. The molecule has 0 spiro atoms. The number of nitrogens with zero attached hydrogens (tertiary/aromatic N) is 2. The van der Waals surface area contributed by atoms with Gasteiger partial charge in [0, 0.05) is 31.4 Å². The summed E-state index contributed by atoms with van der Waals surface area (Å²) < 4.78 is 0. The maximum absolute atomic E-state index is 12.2. The Hall–Kier alpha value is -2.02. The van der Waals surface area contributed by atoms with Crippen LogP contribution in [0.4, 0.5) is 5.69 Å². The highest BCUT2D eigenvalue weighted by atomic mass is 16.1. The maximum Gasteiger partial charge on any atom is 0.251 e. The first kappa shape index (κ1) is 13.4. The number of benzene rings is 1. The van der Waals surface area contributed by atoms with Gasteiger partial charge in [0.05, 0.1) is 12.0 Å². The zero-order valence-electron chi connectivity index (χ0n) is 11.4. The first-order valence-electron chi connectivity index (χ1n) is 6.59. The largest absolute Gasteiger partial charge is 0.378 e. The second-order valence-electron chi connectivity index (χ2n) is 5.19. The molecular formula is C15H19N3O. The highest BCUT2D eigenvalue weighted by Crippen LogP contribution is 2.25. The monoisotopic (exact) mass is 257 g/mol. The van der Waals surface area contributed by atoms with E-state index in [1.54, 1.807) is 6.07 Å². The second-order valence-corrected chi connectivity index (χ2v) is 5.19. The summed E-state index contributed by atoms with van der Waals surface area (Å²) in [4.78, 5) is 14.2. The lowest BCUT2D eigenvalue weighted by Gasteiger charge is -2.17. The lowest BCUT2D eigenvalue weighted by Crippen LogP contribution is -2.36. The third-order valence-corrected chi connectivity index (χ3v) is 3.62. The standard InChI is InChI=1S/C15H19N3O/c1-18(2)13-7-3-5-11(9-13)15(19)17-14-8-4-6-12(14)10-16/h3,5,7,9,12,14H,4,6,8H2,1-2H3,(H,17,19). The number of hydrogen-bond acceptors (Lipinski definition) is 3. The van der Waals surface area contributed by atoms with Crippen molar-refractivity contribution in [3.63, 3.8) is 0 Å². The second kappa shape index (κ2) is 5.75. The molecule has 1 aromatic rings. The van der Waals surface area contributed by atoms with Gasteiger partial charge in [0.2, 0.25) is 0 Å². The number of anilines is 1. The van der Waals surface area contributed by atoms with Crippen molar-refractivity contribution in [3.8, 4) is 6.07 Å². The average Bonchev–Trinajstić information content (AvgIpc) is 2.86. The maximum atomic E-state index is 12.2. The molecule has 2 unspecified atom stereocenters. The molecule has 0 aliphatic heterocycles. The number of carbonyl (C=O) groups is 1. The average molecular weight is 257 g/mol. The Labute approximate surface area is 114 Å². The van der Waals surface area contributed by atoms with Crippen LogP contribution >= 0.6 is 0 Å². The predicted octanol–water partition coefficient (Wildman–Crippen LogP) is 2.17. The molecular weight excluding hydrogens is 238 g/mol. The smallest absolute Gasteiger partial charge is 0.251 e. The van der Waals surface area contributed by atoms with Gasteiger partial charge in [-0.2, -0.15) is 5.26 Å². The summed E-state index contributed by atoms with van der Waals surface area (Å²) in [5.74, 6) is -0.128. The quantitative estimate of drug-likeness (QED) is 0.903. The van der Waals surface area contributed by atoms with E-state index >= 15 is 0 Å². The predicted molar refractivity (Wildman–Crippen MR) is 75.0 cm³/mol. The highest BCUT2D eigenvalue weighted by molar-refractivity contribution is 5.95. The molecule has 1 aliphatic rings. The molecule has 0 heterocycles. The minimum absolute atomic E-state index is 0.000474. The van der Waals surface area contributed by atoms with E-state index in [9.17, 15) is 4.79 Å². The summed E-state index contributed by atoms with van der Waals surface area (Å²) in [6, 6.07) is 9.79. The van der Waals surface area contributed by atoms with Gasteiger partial charge < -0.3 is 10.2 Å². The van der Waals surface area contributed by atoms with Crippen molar-refractivity contribution in [3.05, 3.63) is 29.8 Å². The summed E-state index contributed by atoms with van der Waals surface area (Å²) in [6.07, 6.45) is 2.80. The molecule has 0 aromatic heterocycles. The van der Waals surface area contributed by atoms with Crippen LogP contribution in [-0.4, -0.2) is 26.0 Å². The van der Waals surface area contributed by atoms with Crippen molar-refractivity contribution in [1.29, 1.82) is 5.26 Å².